The molecule has 2 aliphatic rings. The van der Waals surface area contributed by atoms with Crippen LogP contribution in [0.3, 0.4) is 0 Å². The van der Waals surface area contributed by atoms with Gasteiger partial charge < -0.3 is 19.7 Å². The first kappa shape index (κ1) is 22.7. The van der Waals surface area contributed by atoms with E-state index in [-0.39, 0.29) is 17.5 Å². The molecule has 0 aliphatic carbocycles. The third-order valence-electron chi connectivity index (χ3n) is 6.44. The van der Waals surface area contributed by atoms with Crippen LogP contribution < -0.4 is 19.7 Å². The Balaban J connectivity index is 1.65. The Hall–Kier alpha value is -3.48. The van der Waals surface area contributed by atoms with E-state index in [2.05, 4.69) is 29.3 Å². The summed E-state index contributed by atoms with van der Waals surface area (Å²) in [7, 11) is 3.10. The smallest absolute Gasteiger partial charge is 0.278 e. The fourth-order valence-corrected chi connectivity index (χ4v) is 4.41. The highest BCUT2D eigenvalue weighted by molar-refractivity contribution is 6.36. The van der Waals surface area contributed by atoms with Crippen LogP contribution in [0, 0.1) is 5.92 Å². The predicted molar refractivity (Wildman–Crippen MR) is 130 cm³/mol. The first-order chi connectivity index (χ1) is 16.0. The van der Waals surface area contributed by atoms with Gasteiger partial charge >= 0.3 is 0 Å². The lowest BCUT2D eigenvalue weighted by atomic mass is 9.99. The van der Waals surface area contributed by atoms with Crippen molar-refractivity contribution in [3.63, 3.8) is 0 Å². The van der Waals surface area contributed by atoms with Gasteiger partial charge in [0.05, 0.1) is 19.8 Å². The minimum absolute atomic E-state index is 0.272. The van der Waals surface area contributed by atoms with Crippen molar-refractivity contribution in [1.82, 2.24) is 4.90 Å². The molecule has 0 aromatic heterocycles. The highest BCUT2D eigenvalue weighted by atomic mass is 16.5. The monoisotopic (exact) mass is 449 g/mol. The minimum atomic E-state index is -0.332. The molecule has 0 unspecified atom stereocenters. The summed E-state index contributed by atoms with van der Waals surface area (Å²) in [6.07, 6.45) is 2.40. The maximum atomic E-state index is 13.1. The molecule has 4 rings (SSSR count). The number of rotatable bonds is 7. The van der Waals surface area contributed by atoms with Gasteiger partial charge in [-0.05, 0) is 67.6 Å². The van der Waals surface area contributed by atoms with Crippen LogP contribution in [-0.4, -0.2) is 50.6 Å². The van der Waals surface area contributed by atoms with Gasteiger partial charge in [0.2, 0.25) is 0 Å². The van der Waals surface area contributed by atoms with Crippen molar-refractivity contribution in [2.24, 2.45) is 5.92 Å². The predicted octanol–water partition coefficient (Wildman–Crippen LogP) is 4.15. The summed E-state index contributed by atoms with van der Waals surface area (Å²) in [6, 6.07) is 13.3. The molecule has 0 radical (unpaired) electrons. The summed E-state index contributed by atoms with van der Waals surface area (Å²) in [5, 5.41) is 3.21. The molecular formula is C26H31N3O4. The average molecular weight is 450 g/mol. The largest absolute Gasteiger partial charge is 0.493 e. The van der Waals surface area contributed by atoms with Gasteiger partial charge in [0.15, 0.2) is 11.5 Å². The average Bonchev–Trinajstić information content (AvgIpc) is 3.08. The van der Waals surface area contributed by atoms with E-state index >= 15 is 0 Å². The number of ether oxygens (including phenoxy) is 2. The van der Waals surface area contributed by atoms with E-state index in [1.165, 1.54) is 23.4 Å². The Bertz CT molecular complexity index is 1070. The fraction of sp³-hybridized carbons (Fsp3) is 0.385. The lowest BCUT2D eigenvalue weighted by molar-refractivity contribution is -0.136. The number of amides is 2. The van der Waals surface area contributed by atoms with Crippen LogP contribution in [0.1, 0.15) is 32.3 Å². The summed E-state index contributed by atoms with van der Waals surface area (Å²) in [6.45, 7) is 6.50. The number of likely N-dealkylation sites (N-methyl/N-ethyl adjacent to an activating group) is 1. The number of hydrogen-bond acceptors (Lipinski definition) is 6. The van der Waals surface area contributed by atoms with Crippen LogP contribution in [0.2, 0.25) is 0 Å². The molecule has 33 heavy (non-hydrogen) atoms. The summed E-state index contributed by atoms with van der Waals surface area (Å²) in [5.74, 6) is 1.18. The van der Waals surface area contributed by atoms with Crippen molar-refractivity contribution in [2.45, 2.75) is 26.7 Å². The number of carbonyl (C=O) groups is 2. The number of benzene rings is 2. The van der Waals surface area contributed by atoms with E-state index < -0.39 is 0 Å². The zero-order chi connectivity index (χ0) is 23.5. The normalized spacial score (nSPS) is 17.1. The Morgan fingerprint density at radius 2 is 1.61 bits per heavy atom. The van der Waals surface area contributed by atoms with Gasteiger partial charge in [-0.3, -0.25) is 14.5 Å². The van der Waals surface area contributed by atoms with Gasteiger partial charge in [-0.25, -0.2) is 0 Å². The highest BCUT2D eigenvalue weighted by Gasteiger charge is 2.38. The van der Waals surface area contributed by atoms with E-state index in [0.29, 0.717) is 29.2 Å². The molecule has 2 heterocycles. The number of carbonyl (C=O) groups excluding carboxylic acids is 2. The van der Waals surface area contributed by atoms with E-state index in [1.807, 2.05) is 12.1 Å². The molecule has 2 amide bonds. The van der Waals surface area contributed by atoms with Crippen molar-refractivity contribution in [2.75, 3.05) is 44.1 Å². The zero-order valence-corrected chi connectivity index (χ0v) is 19.7. The molecule has 2 aromatic carbocycles. The van der Waals surface area contributed by atoms with Gasteiger partial charge in [0, 0.05) is 31.0 Å². The lowest BCUT2D eigenvalue weighted by Crippen LogP contribution is -2.32. The molecule has 1 fully saturated rings. The van der Waals surface area contributed by atoms with E-state index in [9.17, 15) is 9.59 Å². The molecule has 1 N–H and O–H groups in total. The first-order valence-electron chi connectivity index (χ1n) is 11.4. The van der Waals surface area contributed by atoms with E-state index in [1.54, 1.807) is 39.3 Å². The molecule has 1 saturated heterocycles. The maximum Gasteiger partial charge on any atom is 0.278 e. The second-order valence-corrected chi connectivity index (χ2v) is 8.52. The number of anilines is 2. The van der Waals surface area contributed by atoms with Gasteiger partial charge in [-0.15, -0.1) is 0 Å². The van der Waals surface area contributed by atoms with Gasteiger partial charge in [0.25, 0.3) is 11.8 Å². The molecule has 0 spiro atoms. The van der Waals surface area contributed by atoms with Gasteiger partial charge in [-0.2, -0.15) is 0 Å². The number of methoxy groups -OCH3 is 2. The number of hydrogen-bond donors (Lipinski definition) is 1. The molecule has 0 saturated carbocycles. The van der Waals surface area contributed by atoms with Crippen LogP contribution in [0.15, 0.2) is 48.2 Å². The van der Waals surface area contributed by atoms with Crippen LogP contribution in [0.5, 0.6) is 11.5 Å². The maximum absolute atomic E-state index is 13.1. The van der Waals surface area contributed by atoms with Gasteiger partial charge in [-0.1, -0.05) is 13.0 Å². The summed E-state index contributed by atoms with van der Waals surface area (Å²) < 4.78 is 10.7. The Labute approximate surface area is 195 Å². The van der Waals surface area contributed by atoms with Crippen LogP contribution in [-0.2, 0) is 9.59 Å². The van der Waals surface area contributed by atoms with Gasteiger partial charge in [0.1, 0.15) is 5.70 Å². The molecule has 0 bridgehead atoms. The molecule has 7 heteroatoms. The van der Waals surface area contributed by atoms with Crippen molar-refractivity contribution >= 4 is 28.8 Å². The standard InChI is InChI=1S/C26H31N3O4/c1-5-29-25(30)23(18-6-11-21(32-3)22(16-18)33-4)24(26(29)31)27-19-7-9-20(10-8-19)28-14-12-17(2)13-15-28/h6-11,16-17,27H,5,12-15H2,1-4H3. The van der Waals surface area contributed by atoms with Crippen LogP contribution in [0.25, 0.3) is 5.57 Å². The number of nitrogens with one attached hydrogen (secondary N) is 1. The summed E-state index contributed by atoms with van der Waals surface area (Å²) in [4.78, 5) is 29.8. The molecule has 0 atom stereocenters. The fourth-order valence-electron chi connectivity index (χ4n) is 4.41. The zero-order valence-electron chi connectivity index (χ0n) is 19.7. The number of imide groups is 1. The first-order valence-corrected chi connectivity index (χ1v) is 11.4. The topological polar surface area (TPSA) is 71.1 Å². The van der Waals surface area contributed by atoms with E-state index in [4.69, 9.17) is 9.47 Å². The molecule has 2 aliphatic heterocycles. The van der Waals surface area contributed by atoms with Crippen molar-refractivity contribution < 1.29 is 19.1 Å². The highest BCUT2D eigenvalue weighted by Crippen LogP contribution is 2.36. The third-order valence-corrected chi connectivity index (χ3v) is 6.44. The molecular weight excluding hydrogens is 418 g/mol. The Kier molecular flexibility index (Phi) is 6.58. The van der Waals surface area contributed by atoms with E-state index in [0.717, 1.165) is 24.7 Å². The van der Waals surface area contributed by atoms with Crippen molar-refractivity contribution in [3.05, 3.63) is 53.7 Å². The summed E-state index contributed by atoms with van der Waals surface area (Å²) >= 11 is 0. The number of nitrogens with zero attached hydrogens (tertiary/aromatic N) is 2. The molecule has 2 aromatic rings. The van der Waals surface area contributed by atoms with Crippen LogP contribution in [0.4, 0.5) is 11.4 Å². The Morgan fingerprint density at radius 3 is 2.21 bits per heavy atom. The van der Waals surface area contributed by atoms with Crippen molar-refractivity contribution in [1.29, 1.82) is 0 Å². The number of piperidine rings is 1. The van der Waals surface area contributed by atoms with Crippen molar-refractivity contribution in [3.8, 4) is 11.5 Å². The second-order valence-electron chi connectivity index (χ2n) is 8.52. The Morgan fingerprint density at radius 1 is 0.939 bits per heavy atom. The summed E-state index contributed by atoms with van der Waals surface area (Å²) in [5.41, 5.74) is 3.13. The minimum Gasteiger partial charge on any atom is -0.493 e. The SMILES string of the molecule is CCN1C(=O)C(Nc2ccc(N3CCC(C)CC3)cc2)=C(c2ccc(OC)c(OC)c2)C1=O. The third kappa shape index (κ3) is 4.40. The molecule has 7 nitrogen and oxygen atoms in total. The van der Waals surface area contributed by atoms with Crippen LogP contribution >= 0.6 is 0 Å². The second kappa shape index (κ2) is 9.57. The quantitative estimate of drug-likeness (QED) is 0.641. The molecule has 174 valence electrons. The lowest BCUT2D eigenvalue weighted by Gasteiger charge is -2.32.